The molecule has 7 nitrogen and oxygen atoms in total. The van der Waals surface area contributed by atoms with Crippen LogP contribution in [0.3, 0.4) is 0 Å². The van der Waals surface area contributed by atoms with Gasteiger partial charge in [0.15, 0.2) is 6.10 Å². The van der Waals surface area contributed by atoms with Gasteiger partial charge in [-0.3, -0.25) is 9.59 Å². The van der Waals surface area contributed by atoms with Crippen LogP contribution in [0.5, 0.6) is 11.5 Å². The van der Waals surface area contributed by atoms with Gasteiger partial charge in [-0.1, -0.05) is 94.9 Å². The van der Waals surface area contributed by atoms with Gasteiger partial charge >= 0.3 is 0 Å². The average molecular weight is 659 g/mol. The third kappa shape index (κ3) is 9.63. The van der Waals surface area contributed by atoms with E-state index in [-0.39, 0.29) is 18.1 Å². The summed E-state index contributed by atoms with van der Waals surface area (Å²) in [5.41, 5.74) is 4.85. The van der Waals surface area contributed by atoms with Crippen LogP contribution in [0.4, 0.5) is 0 Å². The average Bonchev–Trinajstić information content (AvgIpc) is 2.99. The van der Waals surface area contributed by atoms with Crippen molar-refractivity contribution >= 4 is 64.4 Å². The number of halogens is 4. The van der Waals surface area contributed by atoms with Crippen molar-refractivity contribution in [1.29, 1.82) is 0 Å². The third-order valence-electron chi connectivity index (χ3n) is 6.16. The molecule has 0 spiro atoms. The summed E-state index contributed by atoms with van der Waals surface area (Å²) in [6, 6.07) is 25.5. The molecule has 0 unspecified atom stereocenters. The molecule has 0 heterocycles. The Balaban J connectivity index is 1.42. The number of para-hydroxylation sites is 1. The van der Waals surface area contributed by atoms with Crippen LogP contribution in [0, 0.1) is 0 Å². The highest BCUT2D eigenvalue weighted by Crippen LogP contribution is 2.28. The molecule has 0 aromatic heterocycles. The van der Waals surface area contributed by atoms with Crippen molar-refractivity contribution in [1.82, 2.24) is 10.7 Å². The molecule has 4 aromatic rings. The number of benzene rings is 4. The summed E-state index contributed by atoms with van der Waals surface area (Å²) in [5.74, 6) is -0.179. The topological polar surface area (TPSA) is 89.0 Å². The molecule has 0 saturated heterocycles. The van der Waals surface area contributed by atoms with Crippen LogP contribution in [0.2, 0.25) is 20.1 Å². The molecule has 4 rings (SSSR count). The number of hydrogen-bond donors (Lipinski definition) is 2. The Morgan fingerprint density at radius 3 is 2.28 bits per heavy atom. The summed E-state index contributed by atoms with van der Waals surface area (Å²) in [4.78, 5) is 26.3. The van der Waals surface area contributed by atoms with E-state index in [1.165, 1.54) is 12.3 Å². The van der Waals surface area contributed by atoms with E-state index in [9.17, 15) is 9.59 Å². The van der Waals surface area contributed by atoms with E-state index < -0.39 is 24.0 Å². The van der Waals surface area contributed by atoms with Crippen LogP contribution in [0.15, 0.2) is 96.1 Å². The first-order valence-electron chi connectivity index (χ1n) is 13.1. The molecule has 4 aromatic carbocycles. The fourth-order valence-corrected chi connectivity index (χ4v) is 4.69. The predicted octanol–water partition coefficient (Wildman–Crippen LogP) is 7.52. The second-order valence-electron chi connectivity index (χ2n) is 9.39. The lowest BCUT2D eigenvalue weighted by molar-refractivity contribution is -0.132. The third-order valence-corrected chi connectivity index (χ3v) is 7.43. The fourth-order valence-electron chi connectivity index (χ4n) is 3.92. The zero-order chi connectivity index (χ0) is 30.8. The molecule has 0 saturated carbocycles. The number of nitrogens with zero attached hydrogens (tertiary/aromatic N) is 1. The standard InChI is InChI=1S/C32H27Cl4N3O4/c1-20(43-30-14-12-24(33)17-27(30)36)31(40)38-28(16-21-7-3-2-4-8-21)32(41)39-37-18-23-9-5-6-10-29(23)42-19-22-11-13-25(34)26(35)15-22/h2-15,17-18,20,28H,16,19H2,1H3,(H,38,40)(H,39,41)/b37-18-/t20-,28-/m0/s1. The molecule has 43 heavy (non-hydrogen) atoms. The van der Waals surface area contributed by atoms with Crippen LogP contribution < -0.4 is 20.2 Å². The van der Waals surface area contributed by atoms with Crippen molar-refractivity contribution in [2.24, 2.45) is 5.10 Å². The molecular formula is C32H27Cl4N3O4. The van der Waals surface area contributed by atoms with Crippen molar-refractivity contribution in [3.8, 4) is 11.5 Å². The normalized spacial score (nSPS) is 12.4. The lowest BCUT2D eigenvalue weighted by Crippen LogP contribution is -2.50. The van der Waals surface area contributed by atoms with Gasteiger partial charge < -0.3 is 14.8 Å². The van der Waals surface area contributed by atoms with E-state index in [0.29, 0.717) is 32.1 Å². The SMILES string of the molecule is C[C@H](Oc1ccc(Cl)cc1Cl)C(=O)N[C@@H](Cc1ccccc1)C(=O)N/N=C\c1ccccc1OCc1ccc(Cl)c(Cl)c1. The number of nitrogens with one attached hydrogen (secondary N) is 2. The lowest BCUT2D eigenvalue weighted by Gasteiger charge is -2.21. The van der Waals surface area contributed by atoms with E-state index in [1.807, 2.05) is 48.5 Å². The van der Waals surface area contributed by atoms with E-state index >= 15 is 0 Å². The molecule has 0 bridgehead atoms. The fraction of sp³-hybridized carbons (Fsp3) is 0.156. The predicted molar refractivity (Wildman–Crippen MR) is 172 cm³/mol. The first kappa shape index (κ1) is 32.2. The van der Waals surface area contributed by atoms with Crippen LogP contribution >= 0.6 is 46.4 Å². The summed E-state index contributed by atoms with van der Waals surface area (Å²) in [5, 5.41) is 8.49. The molecule has 0 aliphatic heterocycles. The second-order valence-corrected chi connectivity index (χ2v) is 11.1. The van der Waals surface area contributed by atoms with Crippen molar-refractivity contribution in [2.45, 2.75) is 32.1 Å². The first-order chi connectivity index (χ1) is 20.7. The maximum Gasteiger partial charge on any atom is 0.262 e. The number of ether oxygens (including phenoxy) is 2. The largest absolute Gasteiger partial charge is 0.488 e. The Bertz CT molecular complexity index is 1600. The van der Waals surface area contributed by atoms with Gasteiger partial charge in [0.2, 0.25) is 0 Å². The van der Waals surface area contributed by atoms with Gasteiger partial charge in [0.25, 0.3) is 11.8 Å². The Hall–Kier alpha value is -3.75. The number of rotatable bonds is 12. The van der Waals surface area contributed by atoms with Crippen LogP contribution in [0.25, 0.3) is 0 Å². The zero-order valence-electron chi connectivity index (χ0n) is 22.9. The van der Waals surface area contributed by atoms with Gasteiger partial charge in [0.1, 0.15) is 24.1 Å². The molecule has 0 radical (unpaired) electrons. The molecule has 0 aliphatic rings. The number of hydrazone groups is 1. The second kappa shape index (κ2) is 15.6. The minimum Gasteiger partial charge on any atom is -0.488 e. The van der Waals surface area contributed by atoms with Crippen molar-refractivity contribution < 1.29 is 19.1 Å². The molecule has 11 heteroatoms. The first-order valence-corrected chi connectivity index (χ1v) is 14.7. The summed E-state index contributed by atoms with van der Waals surface area (Å²) < 4.78 is 11.7. The quantitative estimate of drug-likeness (QED) is 0.122. The van der Waals surface area contributed by atoms with Crippen molar-refractivity contribution in [2.75, 3.05) is 0 Å². The Kier molecular flexibility index (Phi) is 11.7. The minimum atomic E-state index is -0.951. The number of hydrogen-bond acceptors (Lipinski definition) is 5. The Labute approximate surface area is 269 Å². The number of amides is 2. The smallest absolute Gasteiger partial charge is 0.262 e. The van der Waals surface area contributed by atoms with E-state index in [4.69, 9.17) is 55.9 Å². The van der Waals surface area contributed by atoms with Crippen LogP contribution in [-0.4, -0.2) is 30.2 Å². The molecule has 0 aliphatic carbocycles. The van der Waals surface area contributed by atoms with Gasteiger partial charge in [0, 0.05) is 17.0 Å². The summed E-state index contributed by atoms with van der Waals surface area (Å²) in [7, 11) is 0. The van der Waals surface area contributed by atoms with Gasteiger partial charge in [0.05, 0.1) is 21.3 Å². The highest BCUT2D eigenvalue weighted by atomic mass is 35.5. The van der Waals surface area contributed by atoms with Crippen molar-refractivity contribution in [3.63, 3.8) is 0 Å². The van der Waals surface area contributed by atoms with E-state index in [0.717, 1.165) is 11.1 Å². The molecule has 2 amide bonds. The zero-order valence-corrected chi connectivity index (χ0v) is 25.9. The van der Waals surface area contributed by atoms with E-state index in [1.54, 1.807) is 43.3 Å². The summed E-state index contributed by atoms with van der Waals surface area (Å²) in [6.45, 7) is 1.81. The van der Waals surface area contributed by atoms with Crippen LogP contribution in [0.1, 0.15) is 23.6 Å². The number of carbonyl (C=O) groups is 2. The summed E-state index contributed by atoms with van der Waals surface area (Å²) >= 11 is 24.2. The molecule has 2 N–H and O–H groups in total. The Morgan fingerprint density at radius 2 is 1.53 bits per heavy atom. The van der Waals surface area contributed by atoms with E-state index in [2.05, 4.69) is 15.8 Å². The van der Waals surface area contributed by atoms with Gasteiger partial charge in [-0.2, -0.15) is 5.10 Å². The molecule has 222 valence electrons. The van der Waals surface area contributed by atoms with Gasteiger partial charge in [-0.05, 0) is 60.5 Å². The molecule has 2 atom stereocenters. The molecular weight excluding hydrogens is 632 g/mol. The van der Waals surface area contributed by atoms with Gasteiger partial charge in [-0.15, -0.1) is 0 Å². The monoisotopic (exact) mass is 657 g/mol. The highest BCUT2D eigenvalue weighted by Gasteiger charge is 2.25. The molecule has 0 fully saturated rings. The minimum absolute atomic E-state index is 0.228. The summed E-state index contributed by atoms with van der Waals surface area (Å²) in [6.07, 6.45) is 0.747. The van der Waals surface area contributed by atoms with Crippen molar-refractivity contribution in [3.05, 3.63) is 128 Å². The number of carbonyl (C=O) groups excluding carboxylic acids is 2. The Morgan fingerprint density at radius 1 is 0.791 bits per heavy atom. The van der Waals surface area contributed by atoms with Crippen LogP contribution in [-0.2, 0) is 22.6 Å². The maximum absolute atomic E-state index is 13.2. The maximum atomic E-state index is 13.2. The van der Waals surface area contributed by atoms with Gasteiger partial charge in [-0.25, -0.2) is 5.43 Å². The highest BCUT2D eigenvalue weighted by molar-refractivity contribution is 6.42. The lowest BCUT2D eigenvalue weighted by atomic mass is 10.1.